The van der Waals surface area contributed by atoms with Crippen LogP contribution in [0.5, 0.6) is 0 Å². The molecule has 4 rings (SSSR count). The SMILES string of the molecule is Cc1cc(=O)n2c(n1)NC(N1CCN(C)CC1)=NC2c1ccccc1Cl. The average Bonchev–Trinajstić information content (AvgIpc) is 2.61. The Kier molecular flexibility index (Phi) is 4.42. The first kappa shape index (κ1) is 17.1. The number of aryl methyl sites for hydroxylation is 1. The van der Waals surface area contributed by atoms with E-state index < -0.39 is 6.17 Å². The summed E-state index contributed by atoms with van der Waals surface area (Å²) in [5, 5.41) is 3.83. The van der Waals surface area contributed by atoms with Crippen LogP contribution in [0.25, 0.3) is 0 Å². The summed E-state index contributed by atoms with van der Waals surface area (Å²) in [4.78, 5) is 26.5. The van der Waals surface area contributed by atoms with E-state index in [-0.39, 0.29) is 5.56 Å². The summed E-state index contributed by atoms with van der Waals surface area (Å²) in [6.45, 7) is 5.48. The number of nitrogens with zero attached hydrogens (tertiary/aromatic N) is 5. The maximum absolute atomic E-state index is 12.7. The second kappa shape index (κ2) is 6.74. The fraction of sp³-hybridized carbons (Fsp3) is 0.389. The largest absolute Gasteiger partial charge is 0.340 e. The average molecular weight is 373 g/mol. The number of anilines is 1. The van der Waals surface area contributed by atoms with Crippen molar-refractivity contribution in [1.82, 2.24) is 19.4 Å². The minimum absolute atomic E-state index is 0.147. The second-order valence-corrected chi connectivity index (χ2v) is 7.10. The molecule has 136 valence electrons. The molecule has 3 heterocycles. The molecule has 2 aromatic rings. The molecular formula is C18H21ClN6O. The number of aliphatic imine (C=N–C) groups is 1. The van der Waals surface area contributed by atoms with Gasteiger partial charge in [-0.3, -0.25) is 14.7 Å². The van der Waals surface area contributed by atoms with Gasteiger partial charge in [0.1, 0.15) is 0 Å². The molecule has 1 fully saturated rings. The fourth-order valence-electron chi connectivity index (χ4n) is 3.31. The van der Waals surface area contributed by atoms with Gasteiger partial charge in [0, 0.05) is 48.5 Å². The van der Waals surface area contributed by atoms with Crippen LogP contribution in [0.2, 0.25) is 5.02 Å². The summed E-state index contributed by atoms with van der Waals surface area (Å²) < 4.78 is 1.56. The van der Waals surface area contributed by atoms with Gasteiger partial charge in [-0.25, -0.2) is 9.98 Å². The maximum atomic E-state index is 12.7. The number of hydrogen-bond donors (Lipinski definition) is 1. The van der Waals surface area contributed by atoms with Gasteiger partial charge in [-0.15, -0.1) is 0 Å². The van der Waals surface area contributed by atoms with Gasteiger partial charge >= 0.3 is 0 Å². The van der Waals surface area contributed by atoms with Gasteiger partial charge in [0.15, 0.2) is 6.17 Å². The summed E-state index contributed by atoms with van der Waals surface area (Å²) in [7, 11) is 2.11. The van der Waals surface area contributed by atoms with E-state index in [0.29, 0.717) is 16.7 Å². The number of aromatic nitrogens is 2. The van der Waals surface area contributed by atoms with Crippen LogP contribution in [0.15, 0.2) is 40.1 Å². The molecule has 0 amide bonds. The number of guanidine groups is 1. The fourth-order valence-corrected chi connectivity index (χ4v) is 3.54. The minimum Gasteiger partial charge on any atom is -0.340 e. The highest BCUT2D eigenvalue weighted by molar-refractivity contribution is 6.31. The first-order valence-electron chi connectivity index (χ1n) is 8.66. The summed E-state index contributed by atoms with van der Waals surface area (Å²) >= 11 is 6.41. The summed E-state index contributed by atoms with van der Waals surface area (Å²) in [5.74, 6) is 1.24. The molecule has 7 nitrogen and oxygen atoms in total. The molecule has 0 radical (unpaired) electrons. The van der Waals surface area contributed by atoms with Crippen LogP contribution in [0, 0.1) is 6.92 Å². The topological polar surface area (TPSA) is 65.8 Å². The van der Waals surface area contributed by atoms with Crippen molar-refractivity contribution in [2.45, 2.75) is 13.1 Å². The van der Waals surface area contributed by atoms with Crippen LogP contribution < -0.4 is 10.9 Å². The van der Waals surface area contributed by atoms with E-state index in [1.807, 2.05) is 31.2 Å². The van der Waals surface area contributed by atoms with Crippen LogP contribution in [0.3, 0.4) is 0 Å². The molecule has 2 aliphatic rings. The molecule has 0 saturated carbocycles. The summed E-state index contributed by atoms with van der Waals surface area (Å²) in [5.41, 5.74) is 1.31. The van der Waals surface area contributed by atoms with Crippen LogP contribution >= 0.6 is 11.6 Å². The second-order valence-electron chi connectivity index (χ2n) is 6.69. The van der Waals surface area contributed by atoms with Gasteiger partial charge in [0.2, 0.25) is 11.9 Å². The first-order valence-corrected chi connectivity index (χ1v) is 9.03. The number of fused-ring (bicyclic) bond motifs is 1. The van der Waals surface area contributed by atoms with E-state index in [1.54, 1.807) is 4.57 Å². The predicted octanol–water partition coefficient (Wildman–Crippen LogP) is 1.78. The van der Waals surface area contributed by atoms with Crippen molar-refractivity contribution in [1.29, 1.82) is 0 Å². The van der Waals surface area contributed by atoms with Crippen LogP contribution in [0.4, 0.5) is 5.95 Å². The van der Waals surface area contributed by atoms with E-state index in [9.17, 15) is 4.79 Å². The molecule has 26 heavy (non-hydrogen) atoms. The Morgan fingerprint density at radius 1 is 1.19 bits per heavy atom. The molecule has 1 saturated heterocycles. The van der Waals surface area contributed by atoms with Crippen molar-refractivity contribution in [3.05, 3.63) is 57.0 Å². The Hall–Kier alpha value is -2.38. The van der Waals surface area contributed by atoms with Gasteiger partial charge in [-0.1, -0.05) is 29.8 Å². The monoisotopic (exact) mass is 372 g/mol. The van der Waals surface area contributed by atoms with Crippen molar-refractivity contribution < 1.29 is 0 Å². The molecule has 1 unspecified atom stereocenters. The van der Waals surface area contributed by atoms with Crippen molar-refractivity contribution in [3.8, 4) is 0 Å². The molecule has 1 N–H and O–H groups in total. The highest BCUT2D eigenvalue weighted by atomic mass is 35.5. The highest BCUT2D eigenvalue weighted by Crippen LogP contribution is 2.30. The van der Waals surface area contributed by atoms with Gasteiger partial charge in [-0.05, 0) is 20.0 Å². The standard InChI is InChI=1S/C18H21ClN6O/c1-12-11-15(26)25-16(13-5-3-4-6-14(13)19)21-17(22-18(25)20-12)24-9-7-23(2)8-10-24/h3-6,11,16H,7-10H2,1-2H3,(H,20,21,22). The number of nitrogens with one attached hydrogen (secondary N) is 1. The van der Waals surface area contributed by atoms with Gasteiger partial charge in [0.25, 0.3) is 5.56 Å². The molecule has 2 aliphatic heterocycles. The van der Waals surface area contributed by atoms with Crippen molar-refractivity contribution in [3.63, 3.8) is 0 Å². The highest BCUT2D eigenvalue weighted by Gasteiger charge is 2.29. The van der Waals surface area contributed by atoms with E-state index in [0.717, 1.165) is 37.7 Å². The van der Waals surface area contributed by atoms with E-state index in [1.165, 1.54) is 6.07 Å². The van der Waals surface area contributed by atoms with Gasteiger partial charge < -0.3 is 9.80 Å². The predicted molar refractivity (Wildman–Crippen MR) is 103 cm³/mol. The third-order valence-corrected chi connectivity index (χ3v) is 5.12. The Bertz CT molecular complexity index is 916. The lowest BCUT2D eigenvalue weighted by atomic mass is 10.1. The Labute approximate surface area is 156 Å². The minimum atomic E-state index is -0.532. The molecule has 1 aromatic carbocycles. The maximum Gasteiger partial charge on any atom is 0.257 e. The molecule has 1 atom stereocenters. The van der Waals surface area contributed by atoms with Crippen molar-refractivity contribution >= 4 is 23.5 Å². The summed E-state index contributed by atoms with van der Waals surface area (Å²) in [6.07, 6.45) is -0.532. The van der Waals surface area contributed by atoms with Crippen molar-refractivity contribution in [2.24, 2.45) is 4.99 Å². The number of rotatable bonds is 1. The number of likely N-dealkylation sites (N-methyl/N-ethyl adjacent to an activating group) is 1. The molecule has 0 aliphatic carbocycles. The zero-order valence-corrected chi connectivity index (χ0v) is 15.6. The van der Waals surface area contributed by atoms with E-state index in [2.05, 4.69) is 27.1 Å². The lowest BCUT2D eigenvalue weighted by Gasteiger charge is -2.37. The molecule has 8 heteroatoms. The first-order chi connectivity index (χ1) is 12.5. The lowest BCUT2D eigenvalue weighted by molar-refractivity contribution is 0.213. The number of hydrogen-bond acceptors (Lipinski definition) is 6. The summed E-state index contributed by atoms with van der Waals surface area (Å²) in [6, 6.07) is 9.01. The zero-order chi connectivity index (χ0) is 18.3. The number of piperazine rings is 1. The number of halogens is 1. The zero-order valence-electron chi connectivity index (χ0n) is 14.8. The Morgan fingerprint density at radius 3 is 2.65 bits per heavy atom. The molecule has 0 bridgehead atoms. The van der Waals surface area contributed by atoms with E-state index >= 15 is 0 Å². The number of benzene rings is 1. The Balaban J connectivity index is 1.81. The lowest BCUT2D eigenvalue weighted by Crippen LogP contribution is -2.51. The van der Waals surface area contributed by atoms with E-state index in [4.69, 9.17) is 16.6 Å². The smallest absolute Gasteiger partial charge is 0.257 e. The molecule has 0 spiro atoms. The van der Waals surface area contributed by atoms with Crippen LogP contribution in [0.1, 0.15) is 17.4 Å². The molecular weight excluding hydrogens is 352 g/mol. The quantitative estimate of drug-likeness (QED) is 0.826. The normalized spacial score (nSPS) is 20.3. The van der Waals surface area contributed by atoms with Crippen LogP contribution in [-0.2, 0) is 0 Å². The van der Waals surface area contributed by atoms with Gasteiger partial charge in [0.05, 0.1) is 0 Å². The third kappa shape index (κ3) is 3.08. The third-order valence-electron chi connectivity index (χ3n) is 4.78. The van der Waals surface area contributed by atoms with Crippen LogP contribution in [-0.4, -0.2) is 58.5 Å². The Morgan fingerprint density at radius 2 is 1.92 bits per heavy atom. The van der Waals surface area contributed by atoms with Gasteiger partial charge in [-0.2, -0.15) is 0 Å². The molecule has 1 aromatic heterocycles. The van der Waals surface area contributed by atoms with Crippen molar-refractivity contribution in [2.75, 3.05) is 38.5 Å².